The third-order valence-electron chi connectivity index (χ3n) is 3.31. The Labute approximate surface area is 144 Å². The molecule has 1 amide bonds. The average Bonchev–Trinajstić information content (AvgIpc) is 3.07. The molecule has 0 aliphatic heterocycles. The van der Waals surface area contributed by atoms with Crippen molar-refractivity contribution >= 4 is 23.4 Å². The first-order chi connectivity index (χ1) is 11.6. The van der Waals surface area contributed by atoms with E-state index < -0.39 is 0 Å². The molecule has 0 bridgehead atoms. The molecule has 0 saturated heterocycles. The number of hydrogen-bond acceptors (Lipinski definition) is 5. The van der Waals surface area contributed by atoms with Gasteiger partial charge in [0.15, 0.2) is 0 Å². The van der Waals surface area contributed by atoms with Gasteiger partial charge in [0.05, 0.1) is 5.25 Å². The van der Waals surface area contributed by atoms with Crippen molar-refractivity contribution < 1.29 is 9.32 Å². The molecule has 2 aromatic carbocycles. The molecule has 1 unspecified atom stereocenters. The van der Waals surface area contributed by atoms with Gasteiger partial charge in [-0.1, -0.05) is 35.5 Å². The molecule has 1 aromatic heterocycles. The van der Waals surface area contributed by atoms with Gasteiger partial charge in [-0.3, -0.25) is 4.79 Å². The first kappa shape index (κ1) is 16.3. The van der Waals surface area contributed by atoms with E-state index in [1.54, 1.807) is 11.8 Å². The molecule has 24 heavy (non-hydrogen) atoms. The Hall–Kier alpha value is -2.60. The highest BCUT2D eigenvalue weighted by Gasteiger charge is 2.16. The summed E-state index contributed by atoms with van der Waals surface area (Å²) in [6.45, 7) is 3.51. The minimum absolute atomic E-state index is 0.0292. The number of carbonyl (C=O) groups excluding carboxylic acids is 1. The number of amides is 1. The molecular formula is C18H17N3O2S. The lowest BCUT2D eigenvalue weighted by Gasteiger charge is -2.07. The van der Waals surface area contributed by atoms with E-state index in [2.05, 4.69) is 15.5 Å². The van der Waals surface area contributed by atoms with Gasteiger partial charge < -0.3 is 9.84 Å². The van der Waals surface area contributed by atoms with Crippen LogP contribution in [0, 0.1) is 0 Å². The van der Waals surface area contributed by atoms with Crippen LogP contribution in [0.2, 0.25) is 0 Å². The molecule has 1 atom stereocenters. The van der Waals surface area contributed by atoms with Crippen molar-refractivity contribution in [3.8, 4) is 11.4 Å². The summed E-state index contributed by atoms with van der Waals surface area (Å²) in [5, 5.41) is 6.83. The Morgan fingerprint density at radius 3 is 2.50 bits per heavy atom. The molecule has 3 aromatic rings. The Balaban J connectivity index is 1.68. The molecule has 0 radical (unpaired) electrons. The Kier molecular flexibility index (Phi) is 4.96. The summed E-state index contributed by atoms with van der Waals surface area (Å²) in [4.78, 5) is 16.6. The molecule has 3 rings (SSSR count). The quantitative estimate of drug-likeness (QED) is 0.691. The summed E-state index contributed by atoms with van der Waals surface area (Å²) in [5.41, 5.74) is 1.72. The van der Waals surface area contributed by atoms with E-state index in [1.807, 2.05) is 61.5 Å². The van der Waals surface area contributed by atoms with Crippen LogP contribution in [0.1, 0.15) is 25.0 Å². The first-order valence-electron chi connectivity index (χ1n) is 7.55. The zero-order valence-electron chi connectivity index (χ0n) is 13.4. The van der Waals surface area contributed by atoms with Crippen molar-refractivity contribution in [3.63, 3.8) is 0 Å². The number of carbonyl (C=O) groups is 1. The van der Waals surface area contributed by atoms with Gasteiger partial charge in [0.2, 0.25) is 17.6 Å². The van der Waals surface area contributed by atoms with Gasteiger partial charge in [-0.2, -0.15) is 4.98 Å². The summed E-state index contributed by atoms with van der Waals surface area (Å²) in [6.07, 6.45) is 0. The van der Waals surface area contributed by atoms with Gasteiger partial charge >= 0.3 is 0 Å². The summed E-state index contributed by atoms with van der Waals surface area (Å²) in [5.74, 6) is 1.10. The SMILES string of the molecule is CC(=O)Nc1ccc(SC(C)c2nc(-c3ccccc3)no2)cc1. The molecule has 1 heterocycles. The van der Waals surface area contributed by atoms with Crippen molar-refractivity contribution in [2.24, 2.45) is 0 Å². The molecule has 5 nitrogen and oxygen atoms in total. The van der Waals surface area contributed by atoms with Gasteiger partial charge in [0.1, 0.15) is 0 Å². The van der Waals surface area contributed by atoms with Crippen LogP contribution < -0.4 is 5.32 Å². The fourth-order valence-electron chi connectivity index (χ4n) is 2.18. The zero-order chi connectivity index (χ0) is 16.9. The molecule has 0 spiro atoms. The highest BCUT2D eigenvalue weighted by Crippen LogP contribution is 2.35. The number of rotatable bonds is 5. The third kappa shape index (κ3) is 4.02. The molecule has 0 aliphatic rings. The Bertz CT molecular complexity index is 816. The lowest BCUT2D eigenvalue weighted by Crippen LogP contribution is -2.05. The number of aromatic nitrogens is 2. The van der Waals surface area contributed by atoms with Crippen molar-refractivity contribution in [2.75, 3.05) is 5.32 Å². The number of anilines is 1. The molecule has 6 heteroatoms. The summed E-state index contributed by atoms with van der Waals surface area (Å²) in [7, 11) is 0. The largest absolute Gasteiger partial charge is 0.338 e. The van der Waals surface area contributed by atoms with E-state index in [9.17, 15) is 4.79 Å². The number of nitrogens with zero attached hydrogens (tertiary/aromatic N) is 2. The number of nitrogens with one attached hydrogen (secondary N) is 1. The molecule has 0 saturated carbocycles. The zero-order valence-corrected chi connectivity index (χ0v) is 14.2. The summed E-state index contributed by atoms with van der Waals surface area (Å²) in [6, 6.07) is 17.4. The van der Waals surface area contributed by atoms with Crippen molar-refractivity contribution in [3.05, 3.63) is 60.5 Å². The van der Waals surface area contributed by atoms with E-state index in [4.69, 9.17) is 4.52 Å². The van der Waals surface area contributed by atoms with Gasteiger partial charge in [0, 0.05) is 23.1 Å². The van der Waals surface area contributed by atoms with Crippen LogP contribution in [0.15, 0.2) is 64.0 Å². The topological polar surface area (TPSA) is 68.0 Å². The Morgan fingerprint density at radius 2 is 1.83 bits per heavy atom. The summed E-state index contributed by atoms with van der Waals surface area (Å²) < 4.78 is 5.39. The number of thioether (sulfide) groups is 1. The van der Waals surface area contributed by atoms with Crippen LogP contribution >= 0.6 is 11.8 Å². The molecule has 122 valence electrons. The normalized spacial score (nSPS) is 11.9. The molecule has 1 N–H and O–H groups in total. The van der Waals surface area contributed by atoms with E-state index in [0.29, 0.717) is 11.7 Å². The molecule has 0 aliphatic carbocycles. The van der Waals surface area contributed by atoms with Crippen LogP contribution in [0.5, 0.6) is 0 Å². The maximum Gasteiger partial charge on any atom is 0.240 e. The Morgan fingerprint density at radius 1 is 1.12 bits per heavy atom. The molecule has 0 fully saturated rings. The maximum atomic E-state index is 11.0. The first-order valence-corrected chi connectivity index (χ1v) is 8.43. The second-order valence-corrected chi connectivity index (χ2v) is 6.70. The van der Waals surface area contributed by atoms with Crippen molar-refractivity contribution in [2.45, 2.75) is 24.0 Å². The van der Waals surface area contributed by atoms with Crippen LogP contribution in [0.3, 0.4) is 0 Å². The smallest absolute Gasteiger partial charge is 0.240 e. The minimum Gasteiger partial charge on any atom is -0.338 e. The van der Waals surface area contributed by atoms with Crippen LogP contribution in [-0.4, -0.2) is 16.0 Å². The van der Waals surface area contributed by atoms with Gasteiger partial charge in [-0.15, -0.1) is 11.8 Å². The predicted octanol–water partition coefficient (Wildman–Crippen LogP) is 4.55. The number of benzene rings is 2. The van der Waals surface area contributed by atoms with Gasteiger partial charge in [-0.25, -0.2) is 0 Å². The maximum absolute atomic E-state index is 11.0. The van der Waals surface area contributed by atoms with E-state index >= 15 is 0 Å². The number of hydrogen-bond donors (Lipinski definition) is 1. The fraction of sp³-hybridized carbons (Fsp3) is 0.167. The van der Waals surface area contributed by atoms with Crippen LogP contribution in [0.25, 0.3) is 11.4 Å². The second-order valence-electron chi connectivity index (χ2n) is 5.29. The van der Waals surface area contributed by atoms with Gasteiger partial charge in [-0.05, 0) is 31.2 Å². The molecular weight excluding hydrogens is 322 g/mol. The van der Waals surface area contributed by atoms with Crippen LogP contribution in [0.4, 0.5) is 5.69 Å². The lowest BCUT2D eigenvalue weighted by molar-refractivity contribution is -0.114. The van der Waals surface area contributed by atoms with Crippen molar-refractivity contribution in [1.82, 2.24) is 10.1 Å². The van der Waals surface area contributed by atoms with Crippen molar-refractivity contribution in [1.29, 1.82) is 0 Å². The monoisotopic (exact) mass is 339 g/mol. The average molecular weight is 339 g/mol. The van der Waals surface area contributed by atoms with E-state index in [1.165, 1.54) is 6.92 Å². The van der Waals surface area contributed by atoms with E-state index in [0.717, 1.165) is 16.1 Å². The standard InChI is InChI=1S/C18H17N3O2S/c1-12(24-16-10-8-15(9-11-16)19-13(2)22)18-20-17(21-23-18)14-6-4-3-5-7-14/h3-12H,1-2H3,(H,19,22). The highest BCUT2D eigenvalue weighted by molar-refractivity contribution is 7.99. The van der Waals surface area contributed by atoms with Crippen LogP contribution in [-0.2, 0) is 4.79 Å². The van der Waals surface area contributed by atoms with Gasteiger partial charge in [0.25, 0.3) is 0 Å². The fourth-order valence-corrected chi connectivity index (χ4v) is 3.08. The second kappa shape index (κ2) is 7.31. The summed E-state index contributed by atoms with van der Waals surface area (Å²) >= 11 is 1.62. The van der Waals surface area contributed by atoms with E-state index in [-0.39, 0.29) is 11.2 Å². The minimum atomic E-state index is -0.0805. The third-order valence-corrected chi connectivity index (χ3v) is 4.41. The predicted molar refractivity (Wildman–Crippen MR) is 94.8 cm³/mol. The highest BCUT2D eigenvalue weighted by atomic mass is 32.2. The lowest BCUT2D eigenvalue weighted by atomic mass is 10.2.